The third kappa shape index (κ3) is 2.95. The van der Waals surface area contributed by atoms with Gasteiger partial charge in [-0.05, 0) is 44.0 Å². The summed E-state index contributed by atoms with van der Waals surface area (Å²) < 4.78 is 2.02. The fourth-order valence-corrected chi connectivity index (χ4v) is 3.50. The molecule has 126 valence electrons. The lowest BCUT2D eigenvalue weighted by Gasteiger charge is -2.09. The predicted octanol–water partition coefficient (Wildman–Crippen LogP) is 3.78. The van der Waals surface area contributed by atoms with Gasteiger partial charge >= 0.3 is 0 Å². The van der Waals surface area contributed by atoms with E-state index < -0.39 is 0 Å². The monoisotopic (exact) mass is 331 g/mol. The van der Waals surface area contributed by atoms with Gasteiger partial charge < -0.3 is 9.88 Å². The first-order chi connectivity index (χ1) is 12.1. The molecule has 4 heteroatoms. The van der Waals surface area contributed by atoms with E-state index in [1.807, 2.05) is 60.9 Å². The Kier molecular flexibility index (Phi) is 3.88. The van der Waals surface area contributed by atoms with E-state index in [4.69, 9.17) is 0 Å². The molecule has 1 saturated carbocycles. The molecule has 1 aromatic carbocycles. The summed E-state index contributed by atoms with van der Waals surface area (Å²) in [5.41, 5.74) is 3.95. The summed E-state index contributed by atoms with van der Waals surface area (Å²) >= 11 is 0. The number of nitrogens with zero attached hydrogens (tertiary/aromatic N) is 2. The number of carbonyl (C=O) groups excluding carboxylic acids is 1. The number of nitrogens with one attached hydrogen (secondary N) is 1. The zero-order chi connectivity index (χ0) is 17.4. The van der Waals surface area contributed by atoms with E-state index in [0.717, 1.165) is 29.2 Å². The van der Waals surface area contributed by atoms with Gasteiger partial charge in [0.1, 0.15) is 5.82 Å². The third-order valence-corrected chi connectivity index (χ3v) is 4.89. The van der Waals surface area contributed by atoms with E-state index in [9.17, 15) is 4.79 Å². The Morgan fingerprint density at radius 1 is 1.12 bits per heavy atom. The molecule has 0 unspecified atom stereocenters. The van der Waals surface area contributed by atoms with Crippen LogP contribution in [0.15, 0.2) is 60.8 Å². The van der Waals surface area contributed by atoms with Crippen LogP contribution in [0.5, 0.6) is 0 Å². The number of carbonyl (C=O) groups is 1. The molecule has 1 amide bonds. The first-order valence-corrected chi connectivity index (χ1v) is 8.61. The fourth-order valence-electron chi connectivity index (χ4n) is 3.50. The average molecular weight is 331 g/mol. The van der Waals surface area contributed by atoms with Crippen molar-refractivity contribution in [3.05, 3.63) is 83.3 Å². The second-order valence-electron chi connectivity index (χ2n) is 6.64. The molecule has 0 spiro atoms. The summed E-state index contributed by atoms with van der Waals surface area (Å²) in [6, 6.07) is 18.3. The number of hydrogen-bond donors (Lipinski definition) is 1. The number of rotatable bonds is 4. The second-order valence-corrected chi connectivity index (χ2v) is 6.64. The molecule has 1 aliphatic carbocycles. The highest BCUT2D eigenvalue weighted by Crippen LogP contribution is 2.40. The lowest BCUT2D eigenvalue weighted by Crippen LogP contribution is -2.27. The van der Waals surface area contributed by atoms with Crippen LogP contribution >= 0.6 is 0 Å². The van der Waals surface area contributed by atoms with Crippen LogP contribution in [0.3, 0.4) is 0 Å². The molecular weight excluding hydrogens is 310 g/mol. The van der Waals surface area contributed by atoms with Crippen LogP contribution in [0.25, 0.3) is 5.82 Å². The third-order valence-electron chi connectivity index (χ3n) is 4.89. The van der Waals surface area contributed by atoms with E-state index in [0.29, 0.717) is 5.92 Å². The highest BCUT2D eigenvalue weighted by molar-refractivity contribution is 5.96. The molecular formula is C21H21N3O. The van der Waals surface area contributed by atoms with Crippen molar-refractivity contribution in [2.45, 2.75) is 32.2 Å². The van der Waals surface area contributed by atoms with Gasteiger partial charge in [-0.15, -0.1) is 0 Å². The molecule has 1 aliphatic rings. The topological polar surface area (TPSA) is 46.9 Å². The summed E-state index contributed by atoms with van der Waals surface area (Å²) in [7, 11) is 0. The number of amides is 1. The van der Waals surface area contributed by atoms with Crippen molar-refractivity contribution < 1.29 is 4.79 Å². The van der Waals surface area contributed by atoms with Crippen molar-refractivity contribution in [2.75, 3.05) is 0 Å². The zero-order valence-corrected chi connectivity index (χ0v) is 14.4. The fraction of sp³-hybridized carbons (Fsp3) is 0.238. The van der Waals surface area contributed by atoms with E-state index >= 15 is 0 Å². The summed E-state index contributed by atoms with van der Waals surface area (Å²) in [5.74, 6) is 1.27. The number of pyridine rings is 1. The summed E-state index contributed by atoms with van der Waals surface area (Å²) in [5, 5.41) is 3.18. The van der Waals surface area contributed by atoms with Crippen molar-refractivity contribution in [1.29, 1.82) is 0 Å². The van der Waals surface area contributed by atoms with Crippen molar-refractivity contribution in [1.82, 2.24) is 14.9 Å². The number of aryl methyl sites for hydroxylation is 1. The second kappa shape index (κ2) is 6.20. The molecule has 3 aromatic rings. The molecule has 1 fully saturated rings. The first kappa shape index (κ1) is 15.6. The number of benzene rings is 1. The SMILES string of the molecule is Cc1cc(C(=O)N[C@@H]2C[C@H]2c2ccccc2)c(C)n1-c1ccccn1. The average Bonchev–Trinajstić information content (AvgIpc) is 3.33. The molecule has 1 N–H and O–H groups in total. The number of hydrogen-bond acceptors (Lipinski definition) is 2. The van der Waals surface area contributed by atoms with Crippen molar-refractivity contribution >= 4 is 5.91 Å². The van der Waals surface area contributed by atoms with Gasteiger partial charge in [-0.2, -0.15) is 0 Å². The normalized spacial score (nSPS) is 18.8. The van der Waals surface area contributed by atoms with Gasteiger partial charge in [0.25, 0.3) is 5.91 Å². The molecule has 25 heavy (non-hydrogen) atoms. The van der Waals surface area contributed by atoms with Crippen LogP contribution < -0.4 is 5.32 Å². The first-order valence-electron chi connectivity index (χ1n) is 8.61. The maximum atomic E-state index is 12.7. The zero-order valence-electron chi connectivity index (χ0n) is 14.4. The maximum Gasteiger partial charge on any atom is 0.253 e. The Labute approximate surface area is 147 Å². The van der Waals surface area contributed by atoms with Crippen LogP contribution in [0.2, 0.25) is 0 Å². The molecule has 4 nitrogen and oxygen atoms in total. The lowest BCUT2D eigenvalue weighted by molar-refractivity contribution is 0.0949. The highest BCUT2D eigenvalue weighted by atomic mass is 16.1. The van der Waals surface area contributed by atoms with Crippen LogP contribution in [-0.2, 0) is 0 Å². The highest BCUT2D eigenvalue weighted by Gasteiger charge is 2.39. The molecule has 0 saturated heterocycles. The van der Waals surface area contributed by atoms with Gasteiger partial charge in [0.15, 0.2) is 0 Å². The van der Waals surface area contributed by atoms with Crippen molar-refractivity contribution in [3.8, 4) is 5.82 Å². The minimum Gasteiger partial charge on any atom is -0.349 e. The Balaban J connectivity index is 1.52. The standard InChI is InChI=1S/C21H21N3O/c1-14-12-17(15(2)24(14)20-10-6-7-11-22-20)21(25)23-19-13-18(19)16-8-4-3-5-9-16/h3-12,18-19H,13H2,1-2H3,(H,23,25)/t18-,19+/m0/s1. The smallest absolute Gasteiger partial charge is 0.253 e. The van der Waals surface area contributed by atoms with Gasteiger partial charge in [-0.25, -0.2) is 4.98 Å². The van der Waals surface area contributed by atoms with E-state index in [1.54, 1.807) is 6.20 Å². The summed E-state index contributed by atoms with van der Waals surface area (Å²) in [6.07, 6.45) is 2.78. The van der Waals surface area contributed by atoms with Gasteiger partial charge in [0, 0.05) is 29.5 Å². The predicted molar refractivity (Wildman–Crippen MR) is 98.1 cm³/mol. The Morgan fingerprint density at radius 2 is 1.88 bits per heavy atom. The molecule has 2 heterocycles. The molecule has 2 atom stereocenters. The molecule has 0 aliphatic heterocycles. The minimum atomic E-state index is -0.00119. The minimum absolute atomic E-state index is 0.00119. The summed E-state index contributed by atoms with van der Waals surface area (Å²) in [4.78, 5) is 17.1. The number of aromatic nitrogens is 2. The van der Waals surface area contributed by atoms with Gasteiger partial charge in [0.05, 0.1) is 5.56 Å². The van der Waals surface area contributed by atoms with Crippen molar-refractivity contribution in [3.63, 3.8) is 0 Å². The molecule has 2 aromatic heterocycles. The Bertz CT molecular complexity index is 900. The van der Waals surface area contributed by atoms with Gasteiger partial charge in [-0.1, -0.05) is 36.4 Å². The maximum absolute atomic E-state index is 12.7. The Hall–Kier alpha value is -2.88. The van der Waals surface area contributed by atoms with Crippen molar-refractivity contribution in [2.24, 2.45) is 0 Å². The van der Waals surface area contributed by atoms with Crippen LogP contribution in [0.4, 0.5) is 0 Å². The molecule has 4 rings (SSSR count). The van der Waals surface area contributed by atoms with Crippen LogP contribution in [-0.4, -0.2) is 21.5 Å². The van der Waals surface area contributed by atoms with Gasteiger partial charge in [0.2, 0.25) is 0 Å². The largest absolute Gasteiger partial charge is 0.349 e. The van der Waals surface area contributed by atoms with Crippen LogP contribution in [0, 0.1) is 13.8 Å². The quantitative estimate of drug-likeness (QED) is 0.791. The Morgan fingerprint density at radius 3 is 2.60 bits per heavy atom. The van der Waals surface area contributed by atoms with E-state index in [2.05, 4.69) is 22.4 Å². The summed E-state index contributed by atoms with van der Waals surface area (Å²) in [6.45, 7) is 3.97. The van der Waals surface area contributed by atoms with Gasteiger partial charge in [-0.3, -0.25) is 4.79 Å². The lowest BCUT2D eigenvalue weighted by atomic mass is 10.1. The molecule has 0 bridgehead atoms. The van der Waals surface area contributed by atoms with Crippen LogP contribution in [0.1, 0.15) is 39.6 Å². The van der Waals surface area contributed by atoms with E-state index in [1.165, 1.54) is 5.56 Å². The molecule has 0 radical (unpaired) electrons. The van der Waals surface area contributed by atoms with E-state index in [-0.39, 0.29) is 11.9 Å².